The van der Waals surface area contributed by atoms with Crippen LogP contribution in [0.4, 0.5) is 27.6 Å². The second-order valence-electron chi connectivity index (χ2n) is 2.90. The number of alkyl halides is 4. The third-order valence-corrected chi connectivity index (χ3v) is 1.85. The van der Waals surface area contributed by atoms with Gasteiger partial charge in [-0.1, -0.05) is 0 Å². The van der Waals surface area contributed by atoms with Gasteiger partial charge in [0.15, 0.2) is 0 Å². The molecule has 1 N–H and O–H groups in total. The first kappa shape index (κ1) is 11.7. The molecule has 0 radical (unpaired) electrons. The monoisotopic (exact) mass is 225 g/mol. The minimum atomic E-state index is -4.34. The highest BCUT2D eigenvalue weighted by molar-refractivity contribution is 5.46. The fourth-order valence-corrected chi connectivity index (χ4v) is 1.05. The molecular weight excluding hydrogens is 217 g/mol. The van der Waals surface area contributed by atoms with Crippen LogP contribution in [0.25, 0.3) is 0 Å². The summed E-state index contributed by atoms with van der Waals surface area (Å²) >= 11 is 0. The Morgan fingerprint density at radius 1 is 1.20 bits per heavy atom. The number of halogens is 5. The molecule has 6 heteroatoms. The van der Waals surface area contributed by atoms with Crippen LogP contribution in [0.1, 0.15) is 5.56 Å². The van der Waals surface area contributed by atoms with Crippen molar-refractivity contribution in [2.75, 3.05) is 12.4 Å². The Labute approximate surface area is 82.9 Å². The Morgan fingerprint density at radius 3 is 2.27 bits per heavy atom. The molecule has 0 heterocycles. The van der Waals surface area contributed by atoms with Crippen molar-refractivity contribution in [1.82, 2.24) is 0 Å². The molecule has 0 saturated carbocycles. The molecule has 0 fully saturated rings. The van der Waals surface area contributed by atoms with Crippen molar-refractivity contribution in [2.24, 2.45) is 0 Å². The zero-order valence-electron chi connectivity index (χ0n) is 7.70. The second-order valence-corrected chi connectivity index (χ2v) is 2.90. The summed E-state index contributed by atoms with van der Waals surface area (Å²) in [7, 11) is 1.37. The Hall–Kier alpha value is -1.33. The van der Waals surface area contributed by atoms with Crippen LogP contribution in [0.15, 0.2) is 18.2 Å². The molecule has 0 bridgehead atoms. The first-order chi connectivity index (χ1) is 6.87. The summed E-state index contributed by atoms with van der Waals surface area (Å²) in [6.07, 6.45) is -3.86. The fourth-order valence-electron chi connectivity index (χ4n) is 1.05. The quantitative estimate of drug-likeness (QED) is 0.779. The number of anilines is 1. The molecule has 0 aliphatic heterocycles. The first-order valence-corrected chi connectivity index (χ1v) is 4.02. The average molecular weight is 225 g/mol. The van der Waals surface area contributed by atoms with Crippen molar-refractivity contribution < 1.29 is 22.0 Å². The van der Waals surface area contributed by atoms with Gasteiger partial charge < -0.3 is 5.32 Å². The van der Waals surface area contributed by atoms with Crippen LogP contribution in [-0.4, -0.2) is 13.5 Å². The molecule has 0 aromatic heterocycles. The van der Waals surface area contributed by atoms with Crippen molar-refractivity contribution in [1.29, 1.82) is 0 Å². The van der Waals surface area contributed by atoms with E-state index in [2.05, 4.69) is 5.32 Å². The van der Waals surface area contributed by atoms with Crippen molar-refractivity contribution in [3.63, 3.8) is 0 Å². The van der Waals surface area contributed by atoms with E-state index in [4.69, 9.17) is 0 Å². The summed E-state index contributed by atoms with van der Waals surface area (Å²) in [4.78, 5) is 0. The third kappa shape index (κ3) is 2.37. The molecule has 0 saturated heterocycles. The predicted molar refractivity (Wildman–Crippen MR) is 45.8 cm³/mol. The van der Waals surface area contributed by atoms with E-state index in [1.165, 1.54) is 7.05 Å². The van der Waals surface area contributed by atoms with E-state index >= 15 is 0 Å². The van der Waals surface area contributed by atoms with E-state index in [0.29, 0.717) is 6.07 Å². The summed E-state index contributed by atoms with van der Waals surface area (Å²) in [6, 6.07) is 2.12. The zero-order valence-corrected chi connectivity index (χ0v) is 7.70. The smallest absolute Gasteiger partial charge is 0.332 e. The van der Waals surface area contributed by atoms with Gasteiger partial charge in [-0.2, -0.15) is 8.78 Å². The highest BCUT2D eigenvalue weighted by atomic mass is 19.3. The van der Waals surface area contributed by atoms with Crippen molar-refractivity contribution in [2.45, 2.75) is 12.3 Å². The first-order valence-electron chi connectivity index (χ1n) is 4.02. The summed E-state index contributed by atoms with van der Waals surface area (Å²) in [5.41, 5.74) is -1.02. The molecule has 15 heavy (non-hydrogen) atoms. The van der Waals surface area contributed by atoms with Crippen molar-refractivity contribution in [3.8, 4) is 0 Å². The fraction of sp³-hybridized carbons (Fsp3) is 0.333. The summed E-state index contributed by atoms with van der Waals surface area (Å²) < 4.78 is 62.4. The molecule has 1 nitrogen and oxygen atoms in total. The van der Waals surface area contributed by atoms with E-state index in [0.717, 1.165) is 12.1 Å². The lowest BCUT2D eigenvalue weighted by molar-refractivity contribution is -0.135. The van der Waals surface area contributed by atoms with E-state index in [1.54, 1.807) is 0 Å². The maximum atomic E-state index is 12.8. The Kier molecular flexibility index (Phi) is 3.16. The topological polar surface area (TPSA) is 12.0 Å². The van der Waals surface area contributed by atoms with Gasteiger partial charge in [0.05, 0.1) is 0 Å². The summed E-state index contributed by atoms with van der Waals surface area (Å²) in [5.74, 6) is -5.33. The minimum absolute atomic E-state index is 0.0188. The predicted octanol–water partition coefficient (Wildman–Crippen LogP) is 3.22. The van der Waals surface area contributed by atoms with Crippen LogP contribution in [-0.2, 0) is 5.92 Å². The maximum absolute atomic E-state index is 12.8. The molecule has 0 aliphatic carbocycles. The van der Waals surface area contributed by atoms with Gasteiger partial charge in [-0.25, -0.2) is 13.2 Å². The number of hydrogen-bond acceptors (Lipinski definition) is 1. The Balaban J connectivity index is 3.19. The third-order valence-electron chi connectivity index (χ3n) is 1.85. The van der Waals surface area contributed by atoms with Crippen LogP contribution < -0.4 is 5.32 Å². The molecule has 84 valence electrons. The SMILES string of the molecule is CNc1cc(F)cc(C(F)(F)C(F)F)c1. The molecule has 1 rings (SSSR count). The average Bonchev–Trinajstić information content (AvgIpc) is 2.16. The summed E-state index contributed by atoms with van der Waals surface area (Å²) in [5, 5.41) is 2.40. The van der Waals surface area contributed by atoms with Gasteiger partial charge in [0, 0.05) is 18.3 Å². The van der Waals surface area contributed by atoms with E-state index in [1.807, 2.05) is 0 Å². The molecule has 0 unspecified atom stereocenters. The summed E-state index contributed by atoms with van der Waals surface area (Å²) in [6.45, 7) is 0. The lowest BCUT2D eigenvalue weighted by atomic mass is 10.1. The van der Waals surface area contributed by atoms with Gasteiger partial charge in [0.25, 0.3) is 0 Å². The van der Waals surface area contributed by atoms with Crippen LogP contribution in [0.2, 0.25) is 0 Å². The molecule has 0 amide bonds. The van der Waals surface area contributed by atoms with Gasteiger partial charge in [-0.05, 0) is 18.2 Å². The number of benzene rings is 1. The molecular formula is C9H8F5N. The van der Waals surface area contributed by atoms with Gasteiger partial charge in [0.2, 0.25) is 0 Å². The maximum Gasteiger partial charge on any atom is 0.332 e. The lowest BCUT2D eigenvalue weighted by Gasteiger charge is -2.16. The zero-order chi connectivity index (χ0) is 11.6. The van der Waals surface area contributed by atoms with Gasteiger partial charge in [-0.15, -0.1) is 0 Å². The van der Waals surface area contributed by atoms with Gasteiger partial charge in [0.1, 0.15) is 5.82 Å². The molecule has 1 aromatic carbocycles. The minimum Gasteiger partial charge on any atom is -0.388 e. The molecule has 0 spiro atoms. The van der Waals surface area contributed by atoms with Crippen LogP contribution >= 0.6 is 0 Å². The van der Waals surface area contributed by atoms with Crippen molar-refractivity contribution >= 4 is 5.69 Å². The number of hydrogen-bond donors (Lipinski definition) is 1. The normalized spacial score (nSPS) is 11.9. The highest BCUT2D eigenvalue weighted by Gasteiger charge is 2.43. The van der Waals surface area contributed by atoms with E-state index < -0.39 is 23.7 Å². The van der Waals surface area contributed by atoms with Crippen molar-refractivity contribution in [3.05, 3.63) is 29.6 Å². The van der Waals surface area contributed by atoms with Crippen LogP contribution in [0, 0.1) is 5.82 Å². The Morgan fingerprint density at radius 2 is 1.80 bits per heavy atom. The molecule has 0 aliphatic rings. The lowest BCUT2D eigenvalue weighted by Crippen LogP contribution is -2.23. The largest absolute Gasteiger partial charge is 0.388 e. The highest BCUT2D eigenvalue weighted by Crippen LogP contribution is 2.35. The van der Waals surface area contributed by atoms with Crippen LogP contribution in [0.3, 0.4) is 0 Å². The van der Waals surface area contributed by atoms with Gasteiger partial charge >= 0.3 is 12.3 Å². The van der Waals surface area contributed by atoms with E-state index in [-0.39, 0.29) is 5.69 Å². The standard InChI is InChI=1S/C9H8F5N/c1-15-7-3-5(2-6(10)4-7)9(13,14)8(11)12/h2-4,8,15H,1H3. The number of rotatable bonds is 3. The van der Waals surface area contributed by atoms with Gasteiger partial charge in [-0.3, -0.25) is 0 Å². The van der Waals surface area contributed by atoms with Crippen LogP contribution in [0.5, 0.6) is 0 Å². The molecule has 1 aromatic rings. The number of nitrogens with one attached hydrogen (secondary N) is 1. The van der Waals surface area contributed by atoms with E-state index in [9.17, 15) is 22.0 Å². The molecule has 0 atom stereocenters. The second kappa shape index (κ2) is 4.04. The Bertz CT molecular complexity index is 350.